The zero-order chi connectivity index (χ0) is 15.0. The number of benzene rings is 1. The highest BCUT2D eigenvalue weighted by atomic mass is 127. The second-order valence-corrected chi connectivity index (χ2v) is 7.21. The summed E-state index contributed by atoms with van der Waals surface area (Å²) in [5.74, 6) is -0.172. The van der Waals surface area contributed by atoms with Crippen LogP contribution in [0.5, 0.6) is 0 Å². The van der Waals surface area contributed by atoms with Crippen molar-refractivity contribution in [2.75, 3.05) is 19.6 Å². The van der Waals surface area contributed by atoms with Crippen LogP contribution in [0.3, 0.4) is 0 Å². The van der Waals surface area contributed by atoms with Crippen LogP contribution in [0.25, 0.3) is 11.0 Å². The van der Waals surface area contributed by atoms with E-state index >= 15 is 0 Å². The Hall–Kier alpha value is -0.470. The van der Waals surface area contributed by atoms with Gasteiger partial charge in [0.1, 0.15) is 5.82 Å². The normalized spacial score (nSPS) is 17.7. The lowest BCUT2D eigenvalue weighted by atomic mass is 10.0. The molecule has 114 valence electrons. The molecule has 6 heteroatoms. The second-order valence-electron chi connectivity index (χ2n) is 5.66. The van der Waals surface area contributed by atoms with Crippen molar-refractivity contribution in [2.45, 2.75) is 32.2 Å². The first-order valence-corrected chi connectivity index (χ1v) is 8.90. The molecule has 1 aromatic heterocycles. The van der Waals surface area contributed by atoms with Gasteiger partial charge in [-0.15, -0.1) is 0 Å². The van der Waals surface area contributed by atoms with E-state index in [1.54, 1.807) is 6.07 Å². The summed E-state index contributed by atoms with van der Waals surface area (Å²) in [5, 5.41) is 0. The van der Waals surface area contributed by atoms with Crippen LogP contribution in [0, 0.1) is 14.2 Å². The summed E-state index contributed by atoms with van der Waals surface area (Å²) in [4.78, 5) is 5.72. The van der Waals surface area contributed by atoms with Crippen molar-refractivity contribution in [1.82, 2.24) is 14.5 Å². The fourth-order valence-electron chi connectivity index (χ4n) is 3.20. The lowest BCUT2D eigenvalue weighted by Crippen LogP contribution is -2.35. The molecule has 3 rings (SSSR count). The summed E-state index contributed by atoms with van der Waals surface area (Å²) in [6, 6.07) is 3.82. The Labute approximate surface area is 142 Å². The quantitative estimate of drug-likeness (QED) is 0.586. The van der Waals surface area contributed by atoms with Crippen LogP contribution in [0.4, 0.5) is 4.39 Å². The number of aromatic nitrogens is 2. The van der Waals surface area contributed by atoms with Gasteiger partial charge >= 0.3 is 0 Å². The Balaban J connectivity index is 1.92. The highest BCUT2D eigenvalue weighted by Crippen LogP contribution is 2.29. The van der Waals surface area contributed by atoms with Gasteiger partial charge in [0, 0.05) is 25.2 Å². The first-order chi connectivity index (χ1) is 10.1. The van der Waals surface area contributed by atoms with Crippen molar-refractivity contribution >= 4 is 45.8 Å². The molecule has 0 unspecified atom stereocenters. The first-order valence-electron chi connectivity index (χ1n) is 7.41. The number of rotatable bonds is 3. The maximum atomic E-state index is 13.9. The van der Waals surface area contributed by atoms with Crippen LogP contribution in [0.1, 0.15) is 32.2 Å². The van der Waals surface area contributed by atoms with Crippen molar-refractivity contribution in [2.24, 2.45) is 0 Å². The van der Waals surface area contributed by atoms with Gasteiger partial charge in [-0.25, -0.2) is 4.39 Å². The SMILES string of the molecule is CCCN1CCC(n2c(=S)[nH]c3cc(I)c(F)cc32)CC1. The molecule has 1 fully saturated rings. The third-order valence-corrected chi connectivity index (χ3v) is 5.35. The molecular formula is C15H19FIN3S. The summed E-state index contributed by atoms with van der Waals surface area (Å²) in [6.07, 6.45) is 3.35. The largest absolute Gasteiger partial charge is 0.331 e. The molecule has 1 aliphatic heterocycles. The van der Waals surface area contributed by atoms with Crippen LogP contribution in [0.15, 0.2) is 12.1 Å². The molecule has 2 aromatic rings. The summed E-state index contributed by atoms with van der Waals surface area (Å²) >= 11 is 7.48. The molecule has 0 spiro atoms. The summed E-state index contributed by atoms with van der Waals surface area (Å²) in [5.41, 5.74) is 1.83. The number of H-pyrrole nitrogens is 1. The van der Waals surface area contributed by atoms with E-state index in [4.69, 9.17) is 12.2 Å². The average molecular weight is 419 g/mol. The standard InChI is InChI=1S/C15H19FIN3S/c1-2-5-19-6-3-10(4-7-19)20-14-8-11(16)12(17)9-13(14)18-15(20)21/h8-10H,2-7H2,1H3,(H,18,21). The Bertz CT molecular complexity index is 701. The fraction of sp³-hybridized carbons (Fsp3) is 0.533. The van der Waals surface area contributed by atoms with Crippen molar-refractivity contribution < 1.29 is 4.39 Å². The van der Waals surface area contributed by atoms with E-state index in [9.17, 15) is 4.39 Å². The summed E-state index contributed by atoms with van der Waals surface area (Å²) in [7, 11) is 0. The molecule has 0 saturated carbocycles. The minimum atomic E-state index is -0.172. The number of hydrogen-bond donors (Lipinski definition) is 1. The number of hydrogen-bond acceptors (Lipinski definition) is 2. The van der Waals surface area contributed by atoms with Crippen LogP contribution < -0.4 is 0 Å². The third kappa shape index (κ3) is 3.03. The minimum Gasteiger partial charge on any atom is -0.331 e. The first kappa shape index (κ1) is 15.4. The predicted octanol–water partition coefficient (Wildman–Crippen LogP) is 4.49. The number of aromatic amines is 1. The number of halogens is 2. The Morgan fingerprint density at radius 2 is 2.10 bits per heavy atom. The van der Waals surface area contributed by atoms with Gasteiger partial charge in [0.25, 0.3) is 0 Å². The number of imidazole rings is 1. The zero-order valence-electron chi connectivity index (χ0n) is 12.0. The maximum absolute atomic E-state index is 13.9. The fourth-order valence-corrected chi connectivity index (χ4v) is 4.02. The number of fused-ring (bicyclic) bond motifs is 1. The van der Waals surface area contributed by atoms with Crippen LogP contribution in [0.2, 0.25) is 0 Å². The van der Waals surface area contributed by atoms with Crippen molar-refractivity contribution in [1.29, 1.82) is 0 Å². The lowest BCUT2D eigenvalue weighted by molar-refractivity contribution is 0.188. The van der Waals surface area contributed by atoms with Crippen LogP contribution in [-0.2, 0) is 0 Å². The van der Waals surface area contributed by atoms with E-state index < -0.39 is 0 Å². The van der Waals surface area contributed by atoms with Crippen molar-refractivity contribution in [3.8, 4) is 0 Å². The Morgan fingerprint density at radius 1 is 1.38 bits per heavy atom. The molecule has 1 aliphatic rings. The van der Waals surface area contributed by atoms with Crippen molar-refractivity contribution in [3.63, 3.8) is 0 Å². The van der Waals surface area contributed by atoms with Gasteiger partial charge in [0.05, 0.1) is 14.6 Å². The van der Waals surface area contributed by atoms with Gasteiger partial charge < -0.3 is 14.5 Å². The van der Waals surface area contributed by atoms with E-state index in [-0.39, 0.29) is 5.82 Å². The van der Waals surface area contributed by atoms with Crippen LogP contribution in [-0.4, -0.2) is 34.1 Å². The van der Waals surface area contributed by atoms with E-state index in [2.05, 4.69) is 21.4 Å². The number of likely N-dealkylation sites (tertiary alicyclic amines) is 1. The molecule has 0 radical (unpaired) electrons. The van der Waals surface area contributed by atoms with E-state index in [0.29, 0.717) is 14.4 Å². The molecule has 0 aliphatic carbocycles. The molecule has 0 atom stereocenters. The summed E-state index contributed by atoms with van der Waals surface area (Å²) < 4.78 is 17.3. The molecule has 0 amide bonds. The molecule has 21 heavy (non-hydrogen) atoms. The average Bonchev–Trinajstić information content (AvgIpc) is 2.76. The van der Waals surface area contributed by atoms with Gasteiger partial charge in [-0.2, -0.15) is 0 Å². The number of nitrogens with one attached hydrogen (secondary N) is 1. The molecule has 1 N–H and O–H groups in total. The minimum absolute atomic E-state index is 0.172. The number of nitrogens with zero attached hydrogens (tertiary/aromatic N) is 2. The molecule has 0 bridgehead atoms. The monoisotopic (exact) mass is 419 g/mol. The smallest absolute Gasteiger partial charge is 0.178 e. The third-order valence-electron chi connectivity index (χ3n) is 4.22. The van der Waals surface area contributed by atoms with Gasteiger partial charge in [0.2, 0.25) is 0 Å². The second kappa shape index (κ2) is 6.34. The highest BCUT2D eigenvalue weighted by molar-refractivity contribution is 14.1. The highest BCUT2D eigenvalue weighted by Gasteiger charge is 2.22. The maximum Gasteiger partial charge on any atom is 0.178 e. The predicted molar refractivity (Wildman–Crippen MR) is 94.8 cm³/mol. The van der Waals surface area contributed by atoms with E-state index in [1.807, 2.05) is 28.7 Å². The molecule has 2 heterocycles. The topological polar surface area (TPSA) is 24.0 Å². The van der Waals surface area contributed by atoms with Gasteiger partial charge in [-0.1, -0.05) is 6.92 Å². The van der Waals surface area contributed by atoms with E-state index in [1.165, 1.54) is 13.0 Å². The lowest BCUT2D eigenvalue weighted by Gasteiger charge is -2.32. The number of piperidine rings is 1. The molecule has 1 saturated heterocycles. The molecular weight excluding hydrogens is 400 g/mol. The molecule has 3 nitrogen and oxygen atoms in total. The van der Waals surface area contributed by atoms with Crippen molar-refractivity contribution in [3.05, 3.63) is 26.3 Å². The van der Waals surface area contributed by atoms with E-state index in [0.717, 1.165) is 37.0 Å². The Kier molecular flexibility index (Phi) is 4.66. The zero-order valence-corrected chi connectivity index (χ0v) is 15.0. The van der Waals surface area contributed by atoms with Gasteiger partial charge in [0.15, 0.2) is 4.77 Å². The summed E-state index contributed by atoms with van der Waals surface area (Å²) in [6.45, 7) is 5.57. The van der Waals surface area contributed by atoms with Gasteiger partial charge in [-0.3, -0.25) is 0 Å². The molecule has 1 aromatic carbocycles. The van der Waals surface area contributed by atoms with Crippen LogP contribution >= 0.6 is 34.8 Å². The van der Waals surface area contributed by atoms with Gasteiger partial charge in [-0.05, 0) is 66.7 Å². The Morgan fingerprint density at radius 3 is 2.76 bits per heavy atom.